The number of carbonyl (C=O) groups excluding carboxylic acids is 1. The van der Waals surface area contributed by atoms with Crippen LogP contribution in [0, 0.1) is 11.7 Å². The maximum atomic E-state index is 14.1. The predicted molar refractivity (Wildman–Crippen MR) is 96.5 cm³/mol. The van der Waals surface area contributed by atoms with E-state index in [0.717, 1.165) is 12.8 Å². The summed E-state index contributed by atoms with van der Waals surface area (Å²) in [7, 11) is 0. The van der Waals surface area contributed by atoms with Gasteiger partial charge in [0.2, 0.25) is 0 Å². The van der Waals surface area contributed by atoms with Crippen molar-refractivity contribution in [2.24, 2.45) is 5.92 Å². The Kier molecular flexibility index (Phi) is 4.93. The summed E-state index contributed by atoms with van der Waals surface area (Å²) in [4.78, 5) is 13.8. The van der Waals surface area contributed by atoms with Crippen LogP contribution < -0.4 is 10.5 Å². The van der Waals surface area contributed by atoms with Crippen molar-refractivity contribution in [2.75, 3.05) is 25.4 Å². The Hall–Kier alpha value is -2.51. The average molecular weight is 364 g/mol. The molecule has 1 aromatic carbocycles. The number of carbonyl (C=O) groups is 1. The molecule has 26 heavy (non-hydrogen) atoms. The van der Waals surface area contributed by atoms with E-state index in [1.807, 2.05) is 20.8 Å². The third-order valence-electron chi connectivity index (χ3n) is 4.37. The molecule has 3 N–H and O–H groups in total. The first-order valence-corrected chi connectivity index (χ1v) is 8.77. The van der Waals surface area contributed by atoms with E-state index in [4.69, 9.17) is 15.2 Å². The molecule has 142 valence electrons. The molecule has 0 bridgehead atoms. The van der Waals surface area contributed by atoms with E-state index >= 15 is 0 Å². The summed E-state index contributed by atoms with van der Waals surface area (Å²) in [5.41, 5.74) is 5.65. The van der Waals surface area contributed by atoms with Crippen molar-refractivity contribution in [3.63, 3.8) is 0 Å². The van der Waals surface area contributed by atoms with Gasteiger partial charge in [-0.05, 0) is 39.5 Å². The number of hydrogen-bond acceptors (Lipinski definition) is 5. The highest BCUT2D eigenvalue weighted by Crippen LogP contribution is 2.28. The van der Waals surface area contributed by atoms with Crippen molar-refractivity contribution >= 4 is 22.8 Å². The highest BCUT2D eigenvalue weighted by Gasteiger charge is 2.27. The first-order chi connectivity index (χ1) is 12.2. The number of amides is 1. The van der Waals surface area contributed by atoms with Crippen LogP contribution in [0.1, 0.15) is 33.6 Å². The van der Waals surface area contributed by atoms with Gasteiger partial charge in [-0.3, -0.25) is 5.10 Å². The number of rotatable bonds is 3. The fourth-order valence-corrected chi connectivity index (χ4v) is 3.01. The molecule has 0 radical (unpaired) electrons. The van der Waals surface area contributed by atoms with Crippen molar-refractivity contribution in [2.45, 2.75) is 39.2 Å². The van der Waals surface area contributed by atoms with Crippen molar-refractivity contribution in [3.05, 3.63) is 17.9 Å². The number of benzene rings is 1. The molecule has 0 unspecified atom stereocenters. The van der Waals surface area contributed by atoms with E-state index < -0.39 is 11.4 Å². The van der Waals surface area contributed by atoms with Gasteiger partial charge in [0, 0.05) is 25.2 Å². The quantitative estimate of drug-likeness (QED) is 0.871. The zero-order valence-corrected chi connectivity index (χ0v) is 15.3. The number of likely N-dealkylation sites (tertiary alicyclic amines) is 1. The van der Waals surface area contributed by atoms with Crippen molar-refractivity contribution in [1.29, 1.82) is 0 Å². The van der Waals surface area contributed by atoms with Crippen LogP contribution >= 0.6 is 0 Å². The standard InChI is InChI=1S/C18H25FN4O3/c1-18(2,3)26-17(24)23-6-4-11(5-7-23)10-25-12-8-13(19)15-14(9-12)21-22-16(15)20/h8-9,11H,4-7,10H2,1-3H3,(H3,20,21,22). The average Bonchev–Trinajstić information content (AvgIpc) is 2.93. The molecule has 2 heterocycles. The first kappa shape index (κ1) is 18.3. The maximum absolute atomic E-state index is 14.1. The lowest BCUT2D eigenvalue weighted by molar-refractivity contribution is 0.0165. The number of aromatic amines is 1. The van der Waals surface area contributed by atoms with Crippen LogP contribution in [0.4, 0.5) is 15.0 Å². The molecule has 8 heteroatoms. The normalized spacial score (nSPS) is 16.1. The number of nitrogens with zero attached hydrogens (tertiary/aromatic N) is 2. The summed E-state index contributed by atoms with van der Waals surface area (Å²) in [5, 5.41) is 6.78. The number of nitrogen functional groups attached to an aromatic ring is 1. The number of nitrogens with one attached hydrogen (secondary N) is 1. The van der Waals surface area contributed by atoms with Crippen LogP contribution in [-0.2, 0) is 4.74 Å². The van der Waals surface area contributed by atoms with Crippen LogP contribution in [0.25, 0.3) is 10.9 Å². The summed E-state index contributed by atoms with van der Waals surface area (Å²) in [6.45, 7) is 7.30. The summed E-state index contributed by atoms with van der Waals surface area (Å²) >= 11 is 0. The molecule has 1 aliphatic heterocycles. The van der Waals surface area contributed by atoms with Gasteiger partial charge in [-0.2, -0.15) is 5.10 Å². The minimum absolute atomic E-state index is 0.138. The van der Waals surface area contributed by atoms with Crippen LogP contribution in [-0.4, -0.2) is 46.5 Å². The summed E-state index contributed by atoms with van der Waals surface area (Å²) in [6, 6.07) is 3.02. The lowest BCUT2D eigenvalue weighted by Gasteiger charge is -2.33. The molecular formula is C18H25FN4O3. The third-order valence-corrected chi connectivity index (χ3v) is 4.37. The Morgan fingerprint density at radius 2 is 2.08 bits per heavy atom. The molecule has 3 rings (SSSR count). The molecule has 0 atom stereocenters. The summed E-state index contributed by atoms with van der Waals surface area (Å²) < 4.78 is 25.3. The monoisotopic (exact) mass is 364 g/mol. The zero-order valence-electron chi connectivity index (χ0n) is 15.3. The number of halogens is 1. The van der Waals surface area contributed by atoms with Gasteiger partial charge in [0.25, 0.3) is 0 Å². The van der Waals surface area contributed by atoms with E-state index in [9.17, 15) is 9.18 Å². The van der Waals surface area contributed by atoms with Crippen LogP contribution in [0.15, 0.2) is 12.1 Å². The predicted octanol–water partition coefficient (Wildman–Crippen LogP) is 3.31. The number of hydrogen-bond donors (Lipinski definition) is 2. The molecule has 2 aromatic rings. The van der Waals surface area contributed by atoms with E-state index in [0.29, 0.717) is 36.9 Å². The second kappa shape index (κ2) is 7.01. The van der Waals surface area contributed by atoms with Gasteiger partial charge >= 0.3 is 6.09 Å². The summed E-state index contributed by atoms with van der Waals surface area (Å²) in [5.74, 6) is 0.426. The van der Waals surface area contributed by atoms with Gasteiger partial charge in [-0.25, -0.2) is 9.18 Å². The van der Waals surface area contributed by atoms with Gasteiger partial charge in [0.1, 0.15) is 17.2 Å². The smallest absolute Gasteiger partial charge is 0.410 e. The van der Waals surface area contributed by atoms with Gasteiger partial charge < -0.3 is 20.1 Å². The maximum Gasteiger partial charge on any atom is 0.410 e. The molecule has 0 saturated carbocycles. The Balaban J connectivity index is 1.52. The van der Waals surface area contributed by atoms with Gasteiger partial charge in [-0.1, -0.05) is 0 Å². The SMILES string of the molecule is CC(C)(C)OC(=O)N1CCC(COc2cc(F)c3c(N)n[nH]c3c2)CC1. The molecular weight excluding hydrogens is 339 g/mol. The van der Waals surface area contributed by atoms with Crippen LogP contribution in [0.5, 0.6) is 5.75 Å². The van der Waals surface area contributed by atoms with Gasteiger partial charge in [0.05, 0.1) is 17.5 Å². The van der Waals surface area contributed by atoms with E-state index in [1.165, 1.54) is 6.07 Å². The second-order valence-electron chi connectivity index (χ2n) is 7.66. The van der Waals surface area contributed by atoms with Crippen molar-refractivity contribution in [3.8, 4) is 5.75 Å². The molecule has 1 fully saturated rings. The lowest BCUT2D eigenvalue weighted by atomic mass is 9.98. The Morgan fingerprint density at radius 1 is 1.38 bits per heavy atom. The molecule has 1 aliphatic rings. The number of anilines is 1. The Morgan fingerprint density at radius 3 is 2.73 bits per heavy atom. The molecule has 1 amide bonds. The second-order valence-corrected chi connectivity index (χ2v) is 7.66. The number of aromatic nitrogens is 2. The molecule has 7 nitrogen and oxygen atoms in total. The minimum Gasteiger partial charge on any atom is -0.493 e. The highest BCUT2D eigenvalue weighted by atomic mass is 19.1. The Bertz CT molecular complexity index is 792. The number of ether oxygens (including phenoxy) is 2. The molecule has 0 aliphatic carbocycles. The zero-order chi connectivity index (χ0) is 18.9. The van der Waals surface area contributed by atoms with Gasteiger partial charge in [0.15, 0.2) is 5.82 Å². The van der Waals surface area contributed by atoms with E-state index in [-0.39, 0.29) is 17.3 Å². The fraction of sp³-hybridized carbons (Fsp3) is 0.556. The molecule has 0 spiro atoms. The number of nitrogens with two attached hydrogens (primary N) is 1. The highest BCUT2D eigenvalue weighted by molar-refractivity contribution is 5.90. The van der Waals surface area contributed by atoms with E-state index in [1.54, 1.807) is 11.0 Å². The molecule has 1 saturated heterocycles. The van der Waals surface area contributed by atoms with Crippen LogP contribution in [0.2, 0.25) is 0 Å². The fourth-order valence-electron chi connectivity index (χ4n) is 3.01. The van der Waals surface area contributed by atoms with E-state index in [2.05, 4.69) is 10.2 Å². The minimum atomic E-state index is -0.490. The number of H-pyrrole nitrogens is 1. The number of fused-ring (bicyclic) bond motifs is 1. The van der Waals surface area contributed by atoms with Crippen LogP contribution in [0.3, 0.4) is 0 Å². The topological polar surface area (TPSA) is 93.5 Å². The first-order valence-electron chi connectivity index (χ1n) is 8.77. The summed E-state index contributed by atoms with van der Waals surface area (Å²) in [6.07, 6.45) is 1.36. The lowest BCUT2D eigenvalue weighted by Crippen LogP contribution is -2.42. The largest absolute Gasteiger partial charge is 0.493 e. The Labute approximate surface area is 151 Å². The van der Waals surface area contributed by atoms with Crippen molar-refractivity contribution < 1.29 is 18.7 Å². The number of piperidine rings is 1. The van der Waals surface area contributed by atoms with Gasteiger partial charge in [-0.15, -0.1) is 0 Å². The molecule has 1 aromatic heterocycles. The third kappa shape index (κ3) is 4.17. The van der Waals surface area contributed by atoms with Crippen molar-refractivity contribution in [1.82, 2.24) is 15.1 Å².